The number of hydrogen-bond donors (Lipinski definition) is 0. The number of unbranched alkanes of at least 4 members (excludes halogenated alkanes) is 5. The summed E-state index contributed by atoms with van der Waals surface area (Å²) >= 11 is 9.25. The van der Waals surface area contributed by atoms with E-state index < -0.39 is 17.5 Å². The Labute approximate surface area is 121 Å². The highest BCUT2D eigenvalue weighted by molar-refractivity contribution is 8.30. The van der Waals surface area contributed by atoms with Crippen LogP contribution in [0.3, 0.4) is 0 Å². The maximum atomic E-state index is 11.0. The van der Waals surface area contributed by atoms with E-state index in [4.69, 9.17) is 8.37 Å². The van der Waals surface area contributed by atoms with E-state index in [9.17, 15) is 8.42 Å². The second-order valence-corrected chi connectivity index (χ2v) is 11.1. The van der Waals surface area contributed by atoms with Crippen molar-refractivity contribution in [1.82, 2.24) is 0 Å². The molecule has 0 radical (unpaired) electrons. The minimum absolute atomic E-state index is 0.468. The molecule has 0 aromatic heterocycles. The van der Waals surface area contributed by atoms with E-state index in [2.05, 4.69) is 22.4 Å². The van der Waals surface area contributed by atoms with Crippen LogP contribution in [0.15, 0.2) is 0 Å². The molecule has 0 aliphatic carbocycles. The lowest BCUT2D eigenvalue weighted by Gasteiger charge is -2.04. The average Bonchev–Trinajstić information content (AvgIpc) is 2.17. The molecule has 0 fully saturated rings. The predicted molar refractivity (Wildman–Crippen MR) is 82.5 cm³/mol. The molecule has 0 aromatic carbocycles. The first-order chi connectivity index (χ1) is 8.21. The molecular weight excluding hydrogens is 312 g/mol. The second-order valence-electron chi connectivity index (χ2n) is 4.17. The third-order valence-corrected chi connectivity index (χ3v) is 3.90. The SMILES string of the molecule is CS(=O)(=S)OCCCCCCCCOS(C)(=O)=S. The molecule has 18 heavy (non-hydrogen) atoms. The first-order valence-corrected chi connectivity index (χ1v) is 11.5. The summed E-state index contributed by atoms with van der Waals surface area (Å²) in [4.78, 5) is 0. The van der Waals surface area contributed by atoms with Gasteiger partial charge in [0, 0.05) is 34.9 Å². The zero-order valence-corrected chi connectivity index (χ0v) is 14.2. The lowest BCUT2D eigenvalue weighted by Crippen LogP contribution is -2.03. The lowest BCUT2D eigenvalue weighted by atomic mass is 10.1. The quantitative estimate of drug-likeness (QED) is 0.538. The molecule has 8 heteroatoms. The van der Waals surface area contributed by atoms with Gasteiger partial charge in [0.2, 0.25) is 0 Å². The fourth-order valence-corrected chi connectivity index (χ4v) is 2.58. The third kappa shape index (κ3) is 16.7. The fraction of sp³-hybridized carbons (Fsp3) is 1.00. The predicted octanol–water partition coefficient (Wildman–Crippen LogP) is 1.94. The Morgan fingerprint density at radius 3 is 1.28 bits per heavy atom. The number of hydrogen-bond acceptors (Lipinski definition) is 6. The summed E-state index contributed by atoms with van der Waals surface area (Å²) in [6.07, 6.45) is 8.89. The molecule has 2 unspecified atom stereocenters. The zero-order chi connectivity index (χ0) is 14.1. The van der Waals surface area contributed by atoms with Crippen molar-refractivity contribution in [2.45, 2.75) is 38.5 Å². The average molecular weight is 335 g/mol. The van der Waals surface area contributed by atoms with Gasteiger partial charge in [-0.2, -0.15) is 0 Å². The van der Waals surface area contributed by atoms with Gasteiger partial charge in [-0.05, 0) is 12.8 Å². The van der Waals surface area contributed by atoms with Crippen LogP contribution in [0.2, 0.25) is 0 Å². The van der Waals surface area contributed by atoms with Crippen LogP contribution >= 0.6 is 0 Å². The maximum Gasteiger partial charge on any atom is 0.141 e. The summed E-state index contributed by atoms with van der Waals surface area (Å²) in [5.41, 5.74) is 0. The summed E-state index contributed by atoms with van der Waals surface area (Å²) in [6, 6.07) is 0. The Hall–Kier alpha value is 0.660. The van der Waals surface area contributed by atoms with Crippen LogP contribution in [0, 0.1) is 0 Å². The van der Waals surface area contributed by atoms with Gasteiger partial charge in [0.15, 0.2) is 0 Å². The maximum absolute atomic E-state index is 11.0. The van der Waals surface area contributed by atoms with E-state index in [0.29, 0.717) is 13.2 Å². The molecule has 0 saturated heterocycles. The molecule has 0 N–H and O–H groups in total. The van der Waals surface area contributed by atoms with Crippen LogP contribution in [-0.4, -0.2) is 34.1 Å². The van der Waals surface area contributed by atoms with Gasteiger partial charge in [0.1, 0.15) is 17.5 Å². The van der Waals surface area contributed by atoms with Crippen LogP contribution in [0.4, 0.5) is 0 Å². The van der Waals surface area contributed by atoms with Gasteiger partial charge in [-0.1, -0.05) is 25.7 Å². The minimum Gasteiger partial charge on any atom is -0.290 e. The Kier molecular flexibility index (Phi) is 9.90. The van der Waals surface area contributed by atoms with E-state index in [1.165, 1.54) is 12.5 Å². The first kappa shape index (κ1) is 18.7. The molecule has 0 bridgehead atoms. The summed E-state index contributed by atoms with van der Waals surface area (Å²) < 4.78 is 32.0. The largest absolute Gasteiger partial charge is 0.290 e. The Morgan fingerprint density at radius 2 is 1.00 bits per heavy atom. The van der Waals surface area contributed by atoms with Crippen molar-refractivity contribution in [1.29, 1.82) is 0 Å². The van der Waals surface area contributed by atoms with Gasteiger partial charge >= 0.3 is 0 Å². The fourth-order valence-electron chi connectivity index (χ4n) is 1.33. The van der Waals surface area contributed by atoms with Crippen LogP contribution < -0.4 is 0 Å². The highest BCUT2D eigenvalue weighted by atomic mass is 32.8. The van der Waals surface area contributed by atoms with Gasteiger partial charge < -0.3 is 0 Å². The molecule has 4 nitrogen and oxygen atoms in total. The van der Waals surface area contributed by atoms with Gasteiger partial charge in [-0.25, -0.2) is 8.42 Å². The molecule has 0 heterocycles. The normalized spacial score (nSPS) is 18.1. The topological polar surface area (TPSA) is 52.6 Å². The molecule has 2 atom stereocenters. The van der Waals surface area contributed by atoms with Crippen molar-refractivity contribution in [3.8, 4) is 0 Å². The van der Waals surface area contributed by atoms with Crippen LogP contribution in [-0.2, 0) is 48.3 Å². The van der Waals surface area contributed by atoms with E-state index in [0.717, 1.165) is 38.5 Å². The highest BCUT2D eigenvalue weighted by Crippen LogP contribution is 2.06. The van der Waals surface area contributed by atoms with Crippen molar-refractivity contribution < 1.29 is 16.8 Å². The molecular formula is C10H22O4S4. The standard InChI is InChI=1S/C10H22O4S4/c1-17(11,15)13-9-7-5-3-4-6-8-10-14-18(2,12)16/h3-10H2,1-2H3. The zero-order valence-electron chi connectivity index (χ0n) is 10.9. The molecule has 0 aliphatic rings. The Morgan fingerprint density at radius 1 is 0.722 bits per heavy atom. The van der Waals surface area contributed by atoms with Crippen LogP contribution in [0.1, 0.15) is 38.5 Å². The molecule has 0 spiro atoms. The molecule has 110 valence electrons. The molecule has 0 aromatic rings. The second kappa shape index (κ2) is 9.55. The van der Waals surface area contributed by atoms with Gasteiger partial charge in [0.25, 0.3) is 0 Å². The monoisotopic (exact) mass is 334 g/mol. The Balaban J connectivity index is 3.22. The summed E-state index contributed by atoms with van der Waals surface area (Å²) in [5, 5.41) is 0. The van der Waals surface area contributed by atoms with Gasteiger partial charge in [0.05, 0.1) is 13.2 Å². The van der Waals surface area contributed by atoms with Gasteiger partial charge in [-0.15, -0.1) is 0 Å². The van der Waals surface area contributed by atoms with E-state index >= 15 is 0 Å². The highest BCUT2D eigenvalue weighted by Gasteiger charge is 1.98. The number of rotatable bonds is 11. The first-order valence-electron chi connectivity index (χ1n) is 5.89. The summed E-state index contributed by atoms with van der Waals surface area (Å²) in [7, 11) is -4.93. The molecule has 0 aliphatic heterocycles. The summed E-state index contributed by atoms with van der Waals surface area (Å²) in [6.45, 7) is 0.936. The lowest BCUT2D eigenvalue weighted by molar-refractivity contribution is 0.324. The minimum atomic E-state index is -2.46. The van der Waals surface area contributed by atoms with Crippen molar-refractivity contribution in [3.63, 3.8) is 0 Å². The molecule has 0 rings (SSSR count). The molecule has 0 amide bonds. The van der Waals surface area contributed by atoms with Crippen molar-refractivity contribution >= 4 is 39.9 Å². The smallest absolute Gasteiger partial charge is 0.141 e. The van der Waals surface area contributed by atoms with E-state index in [1.54, 1.807) is 0 Å². The van der Waals surface area contributed by atoms with Crippen molar-refractivity contribution in [3.05, 3.63) is 0 Å². The van der Waals surface area contributed by atoms with Crippen molar-refractivity contribution in [2.24, 2.45) is 0 Å². The van der Waals surface area contributed by atoms with Crippen molar-refractivity contribution in [2.75, 3.05) is 25.7 Å². The Bertz CT molecular complexity index is 360. The molecule has 0 saturated carbocycles. The third-order valence-electron chi connectivity index (χ3n) is 2.13. The van der Waals surface area contributed by atoms with E-state index in [1.807, 2.05) is 0 Å². The van der Waals surface area contributed by atoms with E-state index in [-0.39, 0.29) is 0 Å². The van der Waals surface area contributed by atoms with Crippen LogP contribution in [0.25, 0.3) is 0 Å². The van der Waals surface area contributed by atoms with Gasteiger partial charge in [-0.3, -0.25) is 8.37 Å². The van der Waals surface area contributed by atoms with Crippen LogP contribution in [0.5, 0.6) is 0 Å². The summed E-state index contributed by atoms with van der Waals surface area (Å²) in [5.74, 6) is 0.